The fraction of sp³-hybridized carbons (Fsp3) is 0.270. The van der Waals surface area contributed by atoms with Crippen LogP contribution in [0.4, 0.5) is 0 Å². The maximum atomic E-state index is 14.3. The minimum absolute atomic E-state index is 0.106. The Balaban J connectivity index is 1.76. The van der Waals surface area contributed by atoms with E-state index in [1.54, 1.807) is 50.3 Å². The van der Waals surface area contributed by atoms with E-state index < -0.39 is 48.7 Å². The highest BCUT2D eigenvalue weighted by Gasteiger charge is 2.41. The Morgan fingerprint density at radius 1 is 0.885 bits per heavy atom. The van der Waals surface area contributed by atoms with Crippen LogP contribution in [0.2, 0.25) is 0 Å². The monoisotopic (exact) mass is 762 g/mol. The van der Waals surface area contributed by atoms with Crippen LogP contribution >= 0.6 is 32.9 Å². The lowest BCUT2D eigenvalue weighted by atomic mass is 9.89. The zero-order chi connectivity index (χ0) is 38.0. The number of rotatable bonds is 16. The Labute approximate surface area is 313 Å². The van der Waals surface area contributed by atoms with Crippen molar-refractivity contribution < 1.29 is 38.1 Å². The molecule has 0 aliphatic heterocycles. The summed E-state index contributed by atoms with van der Waals surface area (Å²) in [4.78, 5) is 61.4. The average molecular weight is 763 g/mol. The lowest BCUT2D eigenvalue weighted by Gasteiger charge is -2.34. The zero-order valence-corrected chi connectivity index (χ0v) is 31.3. The number of carbonyl (C=O) groups is 4. The molecule has 0 fully saturated rings. The van der Waals surface area contributed by atoms with Crippen LogP contribution < -0.4 is 20.9 Å². The van der Waals surface area contributed by atoms with Crippen molar-refractivity contribution in [2.75, 3.05) is 13.1 Å². The van der Waals surface area contributed by atoms with Gasteiger partial charge in [0, 0.05) is 30.2 Å². The van der Waals surface area contributed by atoms with Gasteiger partial charge in [0.15, 0.2) is 17.1 Å². The first-order valence-corrected chi connectivity index (χ1v) is 18.6. The van der Waals surface area contributed by atoms with E-state index in [1.807, 2.05) is 12.3 Å². The smallest absolute Gasteiger partial charge is 0.348 e. The van der Waals surface area contributed by atoms with Crippen LogP contribution in [0.15, 0.2) is 73.2 Å². The molecule has 0 aliphatic carbocycles. The molecule has 0 radical (unpaired) electrons. The summed E-state index contributed by atoms with van der Waals surface area (Å²) in [5.74, 6) is -3.57. The average Bonchev–Trinajstić information content (AvgIpc) is 3.56. The molecule has 15 heteroatoms. The molecule has 2 aromatic heterocycles. The largest absolute Gasteiger partial charge is 0.449 e. The summed E-state index contributed by atoms with van der Waals surface area (Å²) in [6.45, 7) is 12.3. The molecule has 4 aromatic rings. The van der Waals surface area contributed by atoms with Crippen molar-refractivity contribution >= 4 is 56.8 Å². The molecule has 0 amide bonds. The summed E-state index contributed by atoms with van der Waals surface area (Å²) < 4.78 is 23.4. The molecule has 0 aliphatic rings. The minimum Gasteiger partial charge on any atom is -0.449 e. The molecule has 4 N–H and O–H groups in total. The van der Waals surface area contributed by atoms with Crippen molar-refractivity contribution in [2.45, 2.75) is 51.7 Å². The Morgan fingerprint density at radius 2 is 1.50 bits per heavy atom. The first-order valence-electron chi connectivity index (χ1n) is 15.9. The van der Waals surface area contributed by atoms with Crippen molar-refractivity contribution in [2.24, 2.45) is 11.5 Å². The van der Waals surface area contributed by atoms with Gasteiger partial charge < -0.3 is 30.4 Å². The number of ether oxygens (including phenoxy) is 4. The second-order valence-corrected chi connectivity index (χ2v) is 14.3. The van der Waals surface area contributed by atoms with Crippen molar-refractivity contribution in [1.29, 1.82) is 0 Å². The van der Waals surface area contributed by atoms with Gasteiger partial charge in [-0.3, -0.25) is 19.6 Å². The van der Waals surface area contributed by atoms with Crippen molar-refractivity contribution in [3.63, 3.8) is 0 Å². The number of hydrogen-bond donors (Lipinski definition) is 2. The summed E-state index contributed by atoms with van der Waals surface area (Å²) in [7, 11) is 2.99. The summed E-state index contributed by atoms with van der Waals surface area (Å²) in [5.41, 5.74) is 14.0. The number of aromatic nitrogens is 2. The molecular formula is C37H38N4O8S3. The van der Waals surface area contributed by atoms with Gasteiger partial charge in [0.2, 0.25) is 6.10 Å². The minimum atomic E-state index is -1.53. The van der Waals surface area contributed by atoms with Crippen LogP contribution in [-0.2, 0) is 35.9 Å². The third-order valence-corrected chi connectivity index (χ3v) is 10.5. The van der Waals surface area contributed by atoms with Gasteiger partial charge in [0.25, 0.3) is 0 Å². The van der Waals surface area contributed by atoms with Gasteiger partial charge in [-0.05, 0) is 56.2 Å². The first kappa shape index (κ1) is 39.8. The van der Waals surface area contributed by atoms with Crippen LogP contribution in [0.3, 0.4) is 0 Å². The van der Waals surface area contributed by atoms with Gasteiger partial charge in [0.05, 0.1) is 35.7 Å². The van der Waals surface area contributed by atoms with Crippen molar-refractivity contribution in [3.8, 4) is 22.6 Å². The van der Waals surface area contributed by atoms with E-state index in [-0.39, 0.29) is 36.3 Å². The molecule has 0 spiro atoms. The standard InChI is InChI=1S/C37H38N4O8S3/c1-6-14-37(15-7-2,33-23(5)40-21(3)22(4)41-33)49-35(45)30(48-34(44)26-11-9-25(10-12-26)27-20-51-52-36(27)50)17-24-8-13-28(46-31(42)18-38)29(16-24)47-32(43)19-39/h6-13,16,20,30H,1-2,14-15,17-19,38-39H2,3-5H3. The van der Waals surface area contributed by atoms with E-state index in [0.29, 0.717) is 28.3 Å². The number of nitrogens with zero attached hydrogens (tertiary/aromatic N) is 2. The topological polar surface area (TPSA) is 183 Å². The van der Waals surface area contributed by atoms with E-state index in [1.165, 1.54) is 38.9 Å². The summed E-state index contributed by atoms with van der Waals surface area (Å²) in [6, 6.07) is 10.9. The SMILES string of the molecule is C=CCC(CC=C)(OC(=O)C(Cc1ccc(OC(=O)CN)c(OC(=O)CN)c1)OC(=O)c1ccc(-c2cssc2=S)cc1)c1nc(C)c(C)nc1C. The van der Waals surface area contributed by atoms with Crippen LogP contribution in [-0.4, -0.2) is 53.0 Å². The third kappa shape index (κ3) is 9.68. The predicted octanol–water partition coefficient (Wildman–Crippen LogP) is 6.01. The lowest BCUT2D eigenvalue weighted by molar-refractivity contribution is -0.172. The second-order valence-electron chi connectivity index (χ2n) is 11.5. The maximum absolute atomic E-state index is 14.3. The zero-order valence-electron chi connectivity index (χ0n) is 28.8. The quantitative estimate of drug-likeness (QED) is 0.0446. The van der Waals surface area contributed by atoms with Gasteiger partial charge in [-0.1, -0.05) is 63.2 Å². The van der Waals surface area contributed by atoms with E-state index in [4.69, 9.17) is 47.6 Å². The Morgan fingerprint density at radius 3 is 2.08 bits per heavy atom. The number of carbonyl (C=O) groups excluding carboxylic acids is 4. The van der Waals surface area contributed by atoms with E-state index in [0.717, 1.165) is 15.0 Å². The normalized spacial score (nSPS) is 11.6. The van der Waals surface area contributed by atoms with Crippen LogP contribution in [0, 0.1) is 24.6 Å². The second kappa shape index (κ2) is 18.0. The predicted molar refractivity (Wildman–Crippen MR) is 201 cm³/mol. The summed E-state index contributed by atoms with van der Waals surface area (Å²) >= 11 is 5.41. The van der Waals surface area contributed by atoms with Crippen molar-refractivity contribution in [3.05, 3.63) is 111 Å². The summed E-state index contributed by atoms with van der Waals surface area (Å²) in [5, 5.41) is 1.94. The molecule has 2 aromatic carbocycles. The molecule has 272 valence electrons. The van der Waals surface area contributed by atoms with Crippen LogP contribution in [0.5, 0.6) is 11.5 Å². The molecule has 2 heterocycles. The Bertz CT molecular complexity index is 2030. The lowest BCUT2D eigenvalue weighted by Crippen LogP contribution is -2.40. The number of nitrogens with two attached hydrogens (primary N) is 2. The van der Waals surface area contributed by atoms with Gasteiger partial charge in [-0.2, -0.15) is 0 Å². The molecule has 52 heavy (non-hydrogen) atoms. The first-order chi connectivity index (χ1) is 24.8. The molecule has 1 atom stereocenters. The van der Waals surface area contributed by atoms with E-state index in [9.17, 15) is 19.2 Å². The number of hydrogen-bond acceptors (Lipinski definition) is 15. The van der Waals surface area contributed by atoms with Crippen LogP contribution in [0.1, 0.15) is 51.5 Å². The fourth-order valence-corrected chi connectivity index (χ4v) is 7.61. The molecule has 12 nitrogen and oxygen atoms in total. The molecule has 0 saturated carbocycles. The van der Waals surface area contributed by atoms with Gasteiger partial charge in [0.1, 0.15) is 9.52 Å². The maximum Gasteiger partial charge on any atom is 0.348 e. The Hall–Kier alpha value is -4.93. The van der Waals surface area contributed by atoms with Gasteiger partial charge in [-0.25, -0.2) is 9.59 Å². The number of aryl methyl sites for hydroxylation is 3. The third-order valence-electron chi connectivity index (χ3n) is 7.82. The fourth-order valence-electron chi connectivity index (χ4n) is 5.22. The van der Waals surface area contributed by atoms with E-state index in [2.05, 4.69) is 18.1 Å². The molecule has 4 rings (SSSR count). The summed E-state index contributed by atoms with van der Waals surface area (Å²) in [6.07, 6.45) is 1.69. The molecule has 0 saturated heterocycles. The molecule has 0 bridgehead atoms. The number of benzene rings is 2. The highest BCUT2D eigenvalue weighted by atomic mass is 32.9. The highest BCUT2D eigenvalue weighted by molar-refractivity contribution is 7.79. The highest BCUT2D eigenvalue weighted by Crippen LogP contribution is 2.37. The Kier molecular flexibility index (Phi) is 13.8. The van der Waals surface area contributed by atoms with Crippen LogP contribution in [0.25, 0.3) is 11.1 Å². The van der Waals surface area contributed by atoms with Crippen molar-refractivity contribution in [1.82, 2.24) is 9.97 Å². The van der Waals surface area contributed by atoms with Gasteiger partial charge in [-0.15, -0.1) is 13.2 Å². The molecular weight excluding hydrogens is 725 g/mol. The van der Waals surface area contributed by atoms with E-state index >= 15 is 0 Å². The molecule has 1 unspecified atom stereocenters. The van der Waals surface area contributed by atoms with Gasteiger partial charge >= 0.3 is 23.9 Å². The number of esters is 4.